The molecule has 2 aromatic carbocycles. The number of likely N-dealkylation sites (N-methyl/N-ethyl adjacent to an activating group) is 1. The van der Waals surface area contributed by atoms with Gasteiger partial charge in [0.1, 0.15) is 5.65 Å². The SMILES string of the molecule is COC(=O)c1ccc(Cn2ccc3cc(C4CCN(C(=O)c5ccc(CN6CCN(C)CC6)cc5)CC4)cnc32)cc1. The van der Waals surface area contributed by atoms with Gasteiger partial charge in [-0.05, 0) is 78.9 Å². The summed E-state index contributed by atoms with van der Waals surface area (Å²) in [4.78, 5) is 36.6. The van der Waals surface area contributed by atoms with Gasteiger partial charge in [-0.15, -0.1) is 0 Å². The monoisotopic (exact) mass is 565 g/mol. The molecule has 0 bridgehead atoms. The molecule has 8 nitrogen and oxygen atoms in total. The maximum Gasteiger partial charge on any atom is 0.337 e. The van der Waals surface area contributed by atoms with E-state index < -0.39 is 0 Å². The van der Waals surface area contributed by atoms with E-state index in [4.69, 9.17) is 9.72 Å². The minimum Gasteiger partial charge on any atom is -0.465 e. The normalized spacial score (nSPS) is 17.0. The van der Waals surface area contributed by atoms with Crippen LogP contribution in [0, 0.1) is 0 Å². The third-order valence-corrected chi connectivity index (χ3v) is 8.81. The lowest BCUT2D eigenvalue weighted by Gasteiger charge is -2.33. The molecule has 0 radical (unpaired) electrons. The number of hydrogen-bond acceptors (Lipinski definition) is 6. The van der Waals surface area contributed by atoms with Crippen molar-refractivity contribution in [1.82, 2.24) is 24.3 Å². The minimum atomic E-state index is -0.330. The predicted molar refractivity (Wildman–Crippen MR) is 164 cm³/mol. The van der Waals surface area contributed by atoms with Crippen LogP contribution in [-0.4, -0.2) is 89.6 Å². The molecule has 4 aromatic rings. The molecule has 0 saturated carbocycles. The first-order valence-electron chi connectivity index (χ1n) is 14.9. The summed E-state index contributed by atoms with van der Waals surface area (Å²) in [6.07, 6.45) is 5.94. The van der Waals surface area contributed by atoms with Crippen molar-refractivity contribution in [3.63, 3.8) is 0 Å². The second-order valence-electron chi connectivity index (χ2n) is 11.7. The largest absolute Gasteiger partial charge is 0.465 e. The summed E-state index contributed by atoms with van der Waals surface area (Å²) in [5.41, 5.74) is 5.86. The number of benzene rings is 2. The molecule has 2 aliphatic rings. The third-order valence-electron chi connectivity index (χ3n) is 8.81. The second-order valence-corrected chi connectivity index (χ2v) is 11.7. The van der Waals surface area contributed by atoms with Crippen LogP contribution in [0.2, 0.25) is 0 Å². The van der Waals surface area contributed by atoms with Crippen molar-refractivity contribution in [2.24, 2.45) is 0 Å². The van der Waals surface area contributed by atoms with Crippen LogP contribution in [0.25, 0.3) is 11.0 Å². The number of esters is 1. The molecule has 218 valence electrons. The Kier molecular flexibility index (Phi) is 8.35. The summed E-state index contributed by atoms with van der Waals surface area (Å²) in [5.74, 6) is 0.194. The van der Waals surface area contributed by atoms with Crippen molar-refractivity contribution >= 4 is 22.9 Å². The highest BCUT2D eigenvalue weighted by molar-refractivity contribution is 5.94. The van der Waals surface area contributed by atoms with Gasteiger partial charge in [0.05, 0.1) is 12.7 Å². The number of fused-ring (bicyclic) bond motifs is 1. The fourth-order valence-corrected chi connectivity index (χ4v) is 6.12. The number of carbonyl (C=O) groups excluding carboxylic acids is 2. The Balaban J connectivity index is 1.03. The number of methoxy groups -OCH3 is 1. The lowest BCUT2D eigenvalue weighted by atomic mass is 9.90. The molecule has 0 unspecified atom stereocenters. The molecule has 2 saturated heterocycles. The molecule has 2 aliphatic heterocycles. The van der Waals surface area contributed by atoms with Crippen LogP contribution in [0.3, 0.4) is 0 Å². The number of carbonyl (C=O) groups is 2. The van der Waals surface area contributed by atoms with E-state index in [0.29, 0.717) is 18.0 Å². The summed E-state index contributed by atoms with van der Waals surface area (Å²) in [6.45, 7) is 7.54. The number of piperazine rings is 1. The average Bonchev–Trinajstić information content (AvgIpc) is 3.44. The van der Waals surface area contributed by atoms with Gasteiger partial charge < -0.3 is 19.1 Å². The van der Waals surface area contributed by atoms with E-state index in [1.807, 2.05) is 35.4 Å². The van der Waals surface area contributed by atoms with Crippen LogP contribution in [-0.2, 0) is 17.8 Å². The third kappa shape index (κ3) is 6.25. The molecule has 6 rings (SSSR count). The Hall–Kier alpha value is -4.01. The van der Waals surface area contributed by atoms with E-state index in [1.54, 1.807) is 12.1 Å². The molecule has 0 N–H and O–H groups in total. The number of aromatic nitrogens is 2. The van der Waals surface area contributed by atoms with Crippen molar-refractivity contribution in [1.29, 1.82) is 0 Å². The summed E-state index contributed by atoms with van der Waals surface area (Å²) in [7, 11) is 3.56. The van der Waals surface area contributed by atoms with E-state index >= 15 is 0 Å². The molecule has 1 amide bonds. The highest BCUT2D eigenvalue weighted by Crippen LogP contribution is 2.30. The lowest BCUT2D eigenvalue weighted by molar-refractivity contribution is 0.0600. The smallest absolute Gasteiger partial charge is 0.337 e. The number of amides is 1. The zero-order chi connectivity index (χ0) is 29.1. The Morgan fingerprint density at radius 3 is 2.14 bits per heavy atom. The van der Waals surface area contributed by atoms with Crippen LogP contribution in [0.15, 0.2) is 73.1 Å². The molecule has 0 spiro atoms. The Bertz CT molecular complexity index is 1530. The molecule has 0 aliphatic carbocycles. The summed E-state index contributed by atoms with van der Waals surface area (Å²) in [6, 6.07) is 20.1. The first kappa shape index (κ1) is 28.1. The first-order chi connectivity index (χ1) is 20.5. The standard InChI is InChI=1S/C34H39N5O3/c1-36-17-19-37(20-18-36)23-25-3-7-28(8-4-25)33(40)38-14-11-27(12-15-38)31-21-30-13-16-39(32(30)35-22-31)24-26-5-9-29(10-6-26)34(41)42-2/h3-10,13,16,21-22,27H,11-12,14-15,17-20,23-24H2,1-2H3. The maximum atomic E-state index is 13.2. The number of rotatable bonds is 7. The van der Waals surface area contributed by atoms with Gasteiger partial charge in [-0.2, -0.15) is 0 Å². The minimum absolute atomic E-state index is 0.130. The van der Waals surface area contributed by atoms with E-state index in [9.17, 15) is 9.59 Å². The van der Waals surface area contributed by atoms with Crippen LogP contribution in [0.1, 0.15) is 56.2 Å². The molecule has 0 atom stereocenters. The van der Waals surface area contributed by atoms with Gasteiger partial charge in [-0.25, -0.2) is 9.78 Å². The highest BCUT2D eigenvalue weighted by Gasteiger charge is 2.25. The summed E-state index contributed by atoms with van der Waals surface area (Å²) < 4.78 is 6.92. The second kappa shape index (κ2) is 12.5. The van der Waals surface area contributed by atoms with Crippen molar-refractivity contribution < 1.29 is 14.3 Å². The van der Waals surface area contributed by atoms with Crippen LogP contribution < -0.4 is 0 Å². The number of likely N-dealkylation sites (tertiary alicyclic amines) is 1. The van der Waals surface area contributed by atoms with Gasteiger partial charge in [0.25, 0.3) is 5.91 Å². The van der Waals surface area contributed by atoms with Crippen LogP contribution >= 0.6 is 0 Å². The molecule has 2 fully saturated rings. The fourth-order valence-electron chi connectivity index (χ4n) is 6.12. The molecular weight excluding hydrogens is 526 g/mol. The average molecular weight is 566 g/mol. The number of nitrogens with zero attached hydrogens (tertiary/aromatic N) is 5. The fraction of sp³-hybridized carbons (Fsp3) is 0.382. The molecule has 42 heavy (non-hydrogen) atoms. The van der Waals surface area contributed by atoms with Gasteiger partial charge in [-0.1, -0.05) is 24.3 Å². The van der Waals surface area contributed by atoms with Crippen molar-refractivity contribution in [3.8, 4) is 0 Å². The van der Waals surface area contributed by atoms with Gasteiger partial charge in [0.15, 0.2) is 0 Å². The Labute approximate surface area is 247 Å². The Morgan fingerprint density at radius 2 is 1.48 bits per heavy atom. The van der Waals surface area contributed by atoms with E-state index in [1.165, 1.54) is 18.2 Å². The lowest BCUT2D eigenvalue weighted by Crippen LogP contribution is -2.43. The molecular formula is C34H39N5O3. The maximum absolute atomic E-state index is 13.2. The first-order valence-corrected chi connectivity index (χ1v) is 14.9. The van der Waals surface area contributed by atoms with Crippen molar-refractivity contribution in [3.05, 3.63) is 101 Å². The number of pyridine rings is 1. The molecule has 2 aromatic heterocycles. The zero-order valence-corrected chi connectivity index (χ0v) is 24.5. The Morgan fingerprint density at radius 1 is 0.833 bits per heavy atom. The zero-order valence-electron chi connectivity index (χ0n) is 24.5. The van der Waals surface area contributed by atoms with E-state index in [-0.39, 0.29) is 11.9 Å². The van der Waals surface area contributed by atoms with Gasteiger partial charge >= 0.3 is 5.97 Å². The topological polar surface area (TPSA) is 70.9 Å². The van der Waals surface area contributed by atoms with Crippen molar-refractivity contribution in [2.45, 2.75) is 31.8 Å². The van der Waals surface area contributed by atoms with Gasteiger partial charge in [-0.3, -0.25) is 9.69 Å². The summed E-state index contributed by atoms with van der Waals surface area (Å²) in [5, 5.41) is 1.12. The van der Waals surface area contributed by atoms with Gasteiger partial charge in [0.2, 0.25) is 0 Å². The number of hydrogen-bond donors (Lipinski definition) is 0. The summed E-state index contributed by atoms with van der Waals surface area (Å²) >= 11 is 0. The van der Waals surface area contributed by atoms with Crippen molar-refractivity contribution in [2.75, 3.05) is 53.4 Å². The highest BCUT2D eigenvalue weighted by atomic mass is 16.5. The van der Waals surface area contributed by atoms with Crippen LogP contribution in [0.5, 0.6) is 0 Å². The van der Waals surface area contributed by atoms with Crippen LogP contribution in [0.4, 0.5) is 0 Å². The quantitative estimate of drug-likeness (QED) is 0.304. The molecule has 8 heteroatoms. The molecule has 4 heterocycles. The predicted octanol–water partition coefficient (Wildman–Crippen LogP) is 4.64. The number of ether oxygens (including phenoxy) is 1. The van der Waals surface area contributed by atoms with E-state index in [2.05, 4.69) is 51.9 Å². The van der Waals surface area contributed by atoms with Gasteiger partial charge in [0, 0.05) is 75.7 Å². The number of piperidine rings is 1. The van der Waals surface area contributed by atoms with E-state index in [0.717, 1.165) is 80.8 Å².